The van der Waals surface area contributed by atoms with Crippen molar-refractivity contribution in [2.45, 2.75) is 58.1 Å². The van der Waals surface area contributed by atoms with E-state index in [0.717, 1.165) is 6.08 Å². The number of hydrogen-bond acceptors (Lipinski definition) is 10. The average molecular weight is 658 g/mol. The number of carbonyl (C=O) groups excluding carboxylic acids is 4. The number of carbonyl (C=O) groups is 5. The number of methoxy groups -OCH3 is 2. The quantitative estimate of drug-likeness (QED) is 0.157. The van der Waals surface area contributed by atoms with Crippen LogP contribution >= 0.6 is 0 Å². The highest BCUT2D eigenvalue weighted by atomic mass is 19.1. The highest BCUT2D eigenvalue weighted by Gasteiger charge is 2.42. The molecule has 1 saturated heterocycles. The molecule has 2 aromatic rings. The minimum Gasteiger partial charge on any atom is -0.493 e. The number of aryl methyl sites for hydroxylation is 1. The van der Waals surface area contributed by atoms with Gasteiger partial charge in [0.1, 0.15) is 24.5 Å². The normalized spacial score (nSPS) is 15.2. The first-order valence-electron chi connectivity index (χ1n) is 15.0. The first-order valence-corrected chi connectivity index (χ1v) is 15.0. The number of rotatable bonds is 16. The number of benzene rings is 2. The van der Waals surface area contributed by atoms with Crippen LogP contribution in [0.2, 0.25) is 0 Å². The summed E-state index contributed by atoms with van der Waals surface area (Å²) in [6.07, 6.45) is 1.81. The summed E-state index contributed by atoms with van der Waals surface area (Å²) in [6, 6.07) is 8.19. The fraction of sp³-hybridized carbons (Fsp3) is 0.441. The molecule has 47 heavy (non-hydrogen) atoms. The molecule has 1 amide bonds. The van der Waals surface area contributed by atoms with Gasteiger partial charge in [0.15, 0.2) is 23.9 Å². The van der Waals surface area contributed by atoms with Gasteiger partial charge in [-0.2, -0.15) is 0 Å². The first-order chi connectivity index (χ1) is 22.3. The van der Waals surface area contributed by atoms with E-state index in [9.17, 15) is 28.4 Å². The van der Waals surface area contributed by atoms with E-state index in [1.165, 1.54) is 45.1 Å². The van der Waals surface area contributed by atoms with Crippen LogP contribution in [0.25, 0.3) is 0 Å². The second-order valence-electron chi connectivity index (χ2n) is 11.6. The van der Waals surface area contributed by atoms with Crippen molar-refractivity contribution in [3.8, 4) is 17.2 Å². The van der Waals surface area contributed by atoms with Gasteiger partial charge in [0.05, 0.1) is 19.6 Å². The van der Waals surface area contributed by atoms with Crippen molar-refractivity contribution < 1.29 is 57.2 Å². The Morgan fingerprint density at radius 2 is 1.85 bits per heavy atom. The minimum atomic E-state index is -1.37. The molecular weight excluding hydrogens is 617 g/mol. The molecular formula is C34H40FNO11. The molecule has 254 valence electrons. The van der Waals surface area contributed by atoms with Crippen molar-refractivity contribution in [3.05, 3.63) is 66.0 Å². The largest absolute Gasteiger partial charge is 0.493 e. The zero-order valence-electron chi connectivity index (χ0n) is 26.9. The third kappa shape index (κ3) is 9.77. The van der Waals surface area contributed by atoms with Crippen LogP contribution in [0, 0.1) is 11.2 Å². The lowest BCUT2D eigenvalue weighted by Crippen LogP contribution is -2.53. The summed E-state index contributed by atoms with van der Waals surface area (Å²) in [7, 11) is 2.70. The van der Waals surface area contributed by atoms with E-state index in [4.69, 9.17) is 28.8 Å². The zero-order valence-corrected chi connectivity index (χ0v) is 26.9. The summed E-state index contributed by atoms with van der Waals surface area (Å²) in [4.78, 5) is 64.2. The average Bonchev–Trinajstić information content (AvgIpc) is 3.07. The maximum atomic E-state index is 14.7. The fourth-order valence-corrected chi connectivity index (χ4v) is 5.09. The molecule has 1 N–H and O–H groups in total. The molecule has 0 aliphatic carbocycles. The highest BCUT2D eigenvalue weighted by Crippen LogP contribution is 2.34. The zero-order chi connectivity index (χ0) is 34.7. The highest BCUT2D eigenvalue weighted by molar-refractivity contribution is 6.38. The minimum absolute atomic E-state index is 0.0545. The molecule has 1 unspecified atom stereocenters. The Labute approximate surface area is 272 Å². The lowest BCUT2D eigenvalue weighted by Gasteiger charge is -2.36. The molecule has 0 saturated carbocycles. The molecule has 3 rings (SSSR count). The second-order valence-corrected chi connectivity index (χ2v) is 11.6. The number of ether oxygens (including phenoxy) is 5. The van der Waals surface area contributed by atoms with E-state index in [0.29, 0.717) is 24.0 Å². The number of amides is 1. The third-order valence-corrected chi connectivity index (χ3v) is 7.63. The summed E-state index contributed by atoms with van der Waals surface area (Å²) in [5, 5.41) is 9.03. The number of aliphatic carboxylic acids is 1. The summed E-state index contributed by atoms with van der Waals surface area (Å²) in [5.74, 6) is -4.67. The number of nitrogens with zero attached hydrogens (tertiary/aromatic N) is 1. The van der Waals surface area contributed by atoms with Gasteiger partial charge < -0.3 is 33.7 Å². The van der Waals surface area contributed by atoms with E-state index >= 15 is 0 Å². The smallest absolute Gasteiger partial charge is 0.341 e. The maximum absolute atomic E-state index is 14.7. The SMILES string of the molecule is C=CC(=O)OCC(C)(C)C(=O)C(=O)N1CCCCC1C(=O)O[C@H](CCc1cc(F)c(OC)c(OC)c1)c1cccc(OCC(=O)O)c1. The maximum Gasteiger partial charge on any atom is 0.341 e. The molecule has 2 aromatic carbocycles. The van der Waals surface area contributed by atoms with E-state index in [-0.39, 0.29) is 49.7 Å². The van der Waals surface area contributed by atoms with Gasteiger partial charge in [-0.3, -0.25) is 9.59 Å². The number of hydrogen-bond donors (Lipinski definition) is 1. The second kappa shape index (κ2) is 16.6. The Balaban J connectivity index is 1.87. The summed E-state index contributed by atoms with van der Waals surface area (Å²) < 4.78 is 41.4. The van der Waals surface area contributed by atoms with E-state index in [1.54, 1.807) is 24.3 Å². The summed E-state index contributed by atoms with van der Waals surface area (Å²) in [5.41, 5.74) is -0.369. The van der Waals surface area contributed by atoms with Gasteiger partial charge >= 0.3 is 17.9 Å². The van der Waals surface area contributed by atoms with Gasteiger partial charge in [0, 0.05) is 12.6 Å². The monoisotopic (exact) mass is 657 g/mol. The predicted molar refractivity (Wildman–Crippen MR) is 166 cm³/mol. The Morgan fingerprint density at radius 1 is 1.11 bits per heavy atom. The summed E-state index contributed by atoms with van der Waals surface area (Å²) in [6.45, 7) is 5.44. The lowest BCUT2D eigenvalue weighted by molar-refractivity contribution is -0.165. The number of halogens is 1. The van der Waals surface area contributed by atoms with Crippen molar-refractivity contribution >= 4 is 29.6 Å². The molecule has 13 heteroatoms. The van der Waals surface area contributed by atoms with Crippen molar-refractivity contribution in [1.82, 2.24) is 4.90 Å². The Kier molecular flexibility index (Phi) is 12.9. The van der Waals surface area contributed by atoms with Crippen molar-refractivity contribution in [2.75, 3.05) is 34.0 Å². The van der Waals surface area contributed by atoms with Gasteiger partial charge in [-0.1, -0.05) is 18.7 Å². The van der Waals surface area contributed by atoms with Crippen LogP contribution in [0.1, 0.15) is 56.8 Å². The van der Waals surface area contributed by atoms with Crippen molar-refractivity contribution in [2.24, 2.45) is 5.41 Å². The Morgan fingerprint density at radius 3 is 2.51 bits per heavy atom. The van der Waals surface area contributed by atoms with Gasteiger partial charge in [-0.05, 0) is 81.3 Å². The van der Waals surface area contributed by atoms with Crippen LogP contribution in [0.3, 0.4) is 0 Å². The molecule has 1 heterocycles. The molecule has 1 aliphatic rings. The Bertz CT molecular complexity index is 1490. The molecule has 12 nitrogen and oxygen atoms in total. The number of likely N-dealkylation sites (tertiary alicyclic amines) is 1. The van der Waals surface area contributed by atoms with Gasteiger partial charge in [0.2, 0.25) is 5.78 Å². The van der Waals surface area contributed by atoms with Crippen LogP contribution in [0.4, 0.5) is 4.39 Å². The van der Waals surface area contributed by atoms with E-state index in [1.807, 2.05) is 0 Å². The molecule has 0 radical (unpaired) electrons. The number of carboxylic acids is 1. The number of ketones is 1. The van der Waals surface area contributed by atoms with E-state index < -0.39 is 59.6 Å². The topological polar surface area (TPSA) is 155 Å². The third-order valence-electron chi connectivity index (χ3n) is 7.63. The predicted octanol–water partition coefficient (Wildman–Crippen LogP) is 4.23. The lowest BCUT2D eigenvalue weighted by atomic mass is 9.87. The van der Waals surface area contributed by atoms with Gasteiger partial charge in [-0.25, -0.2) is 18.8 Å². The number of carboxylic acid groups (broad SMARTS) is 1. The number of Topliss-reactive ketones (excluding diaryl/α,β-unsaturated/α-hetero) is 1. The van der Waals surface area contributed by atoms with Crippen LogP contribution < -0.4 is 14.2 Å². The Hall–Kier alpha value is -4.94. The van der Waals surface area contributed by atoms with Crippen LogP contribution in [0.15, 0.2) is 49.1 Å². The van der Waals surface area contributed by atoms with Crippen LogP contribution in [-0.4, -0.2) is 79.6 Å². The van der Waals surface area contributed by atoms with Gasteiger partial charge in [-0.15, -0.1) is 0 Å². The first kappa shape index (κ1) is 36.5. The fourth-order valence-electron chi connectivity index (χ4n) is 5.09. The standard InChI is InChI=1S/C34H40FNO11/c1-6-29(39)46-20-34(2,3)31(40)32(41)36-15-8-7-12-25(36)33(42)47-26(22-10-9-11-23(18-22)45-19-28(37)38)14-13-21-16-24(35)30(44-5)27(17-21)43-4/h6,9-11,16-18,25-26H,1,7-8,12-15,19-20H2,2-5H3,(H,37,38)/t25?,26-/m1/s1. The molecule has 1 aliphatic heterocycles. The van der Waals surface area contributed by atoms with Crippen molar-refractivity contribution in [3.63, 3.8) is 0 Å². The molecule has 0 bridgehead atoms. The number of esters is 2. The molecule has 2 atom stereocenters. The number of piperidine rings is 1. The summed E-state index contributed by atoms with van der Waals surface area (Å²) >= 11 is 0. The molecule has 1 fully saturated rings. The van der Waals surface area contributed by atoms with Crippen LogP contribution in [0.5, 0.6) is 17.2 Å². The molecule has 0 spiro atoms. The van der Waals surface area contributed by atoms with Crippen LogP contribution in [-0.2, 0) is 39.9 Å². The van der Waals surface area contributed by atoms with Crippen molar-refractivity contribution in [1.29, 1.82) is 0 Å². The van der Waals surface area contributed by atoms with Gasteiger partial charge in [0.25, 0.3) is 5.91 Å². The van der Waals surface area contributed by atoms with E-state index in [2.05, 4.69) is 6.58 Å². The molecule has 0 aromatic heterocycles.